The second kappa shape index (κ2) is 2.97. The fraction of sp³-hybridized carbons (Fsp3) is 0.0833. The molecule has 2 nitrogen and oxygen atoms in total. The quantitative estimate of drug-likeness (QED) is 0.527. The molecule has 0 atom stereocenters. The van der Waals surface area contributed by atoms with Crippen molar-refractivity contribution in [2.45, 2.75) is 0 Å². The van der Waals surface area contributed by atoms with E-state index in [4.69, 9.17) is 11.6 Å². The van der Waals surface area contributed by atoms with Crippen LogP contribution in [0.4, 0.5) is 0 Å². The van der Waals surface area contributed by atoms with Crippen LogP contribution in [0.3, 0.4) is 0 Å². The van der Waals surface area contributed by atoms with E-state index in [9.17, 15) is 0 Å². The second-order valence-corrected chi connectivity index (χ2v) is 3.97. The Hall–Kier alpha value is -1.54. The molecule has 0 aliphatic carbocycles. The van der Waals surface area contributed by atoms with E-state index in [-0.39, 0.29) is 0 Å². The van der Waals surface area contributed by atoms with Crippen LogP contribution in [0.1, 0.15) is 0 Å². The molecule has 0 amide bonds. The number of aromatic nitrogens is 2. The van der Waals surface area contributed by atoms with Crippen LogP contribution < -0.4 is 0 Å². The van der Waals surface area contributed by atoms with Crippen LogP contribution in [-0.4, -0.2) is 9.55 Å². The summed E-state index contributed by atoms with van der Waals surface area (Å²) in [6.45, 7) is 0. The molecule has 74 valence electrons. The van der Waals surface area contributed by atoms with Gasteiger partial charge >= 0.3 is 0 Å². The van der Waals surface area contributed by atoms with E-state index in [1.165, 1.54) is 5.39 Å². The van der Waals surface area contributed by atoms with Gasteiger partial charge in [-0.15, -0.1) is 0 Å². The second-order valence-electron chi connectivity index (χ2n) is 3.58. The van der Waals surface area contributed by atoms with Crippen LogP contribution >= 0.6 is 11.6 Å². The molecule has 0 radical (unpaired) electrons. The summed E-state index contributed by atoms with van der Waals surface area (Å²) in [5.41, 5.74) is 2.17. The lowest BCUT2D eigenvalue weighted by atomic mass is 10.1. The maximum Gasteiger partial charge on any atom is 0.142 e. The van der Waals surface area contributed by atoms with Crippen LogP contribution in [0.15, 0.2) is 36.4 Å². The molecule has 1 aromatic rings. The molecule has 0 unspecified atom stereocenters. The molecule has 0 fully saturated rings. The first-order chi connectivity index (χ1) is 7.27. The first-order valence-corrected chi connectivity index (χ1v) is 5.15. The molecule has 15 heavy (non-hydrogen) atoms. The number of fused-ring (bicyclic) bond motifs is 3. The van der Waals surface area contributed by atoms with Crippen LogP contribution in [-0.2, 0) is 7.05 Å². The van der Waals surface area contributed by atoms with Crippen LogP contribution in [0.5, 0.6) is 0 Å². The molecule has 1 aromatic carbocycles. The number of benzene rings is 1. The zero-order chi connectivity index (χ0) is 10.4. The van der Waals surface area contributed by atoms with E-state index >= 15 is 0 Å². The van der Waals surface area contributed by atoms with Gasteiger partial charge in [0.25, 0.3) is 0 Å². The summed E-state index contributed by atoms with van der Waals surface area (Å²) >= 11 is 6.04. The van der Waals surface area contributed by atoms with Gasteiger partial charge in [0.1, 0.15) is 11.0 Å². The Balaban J connectivity index is 2.52. The van der Waals surface area contributed by atoms with E-state index in [0.717, 1.165) is 16.9 Å². The monoisotopic (exact) mass is 216 g/mol. The number of halogens is 1. The third-order valence-electron chi connectivity index (χ3n) is 2.69. The van der Waals surface area contributed by atoms with Crippen molar-refractivity contribution in [2.24, 2.45) is 7.05 Å². The van der Waals surface area contributed by atoms with Crippen molar-refractivity contribution in [3.05, 3.63) is 41.6 Å². The lowest BCUT2D eigenvalue weighted by Gasteiger charge is -2.07. The normalized spacial score (nSPS) is 11.3. The molecular weight excluding hydrogens is 208 g/mol. The highest BCUT2D eigenvalue weighted by atomic mass is 35.5. The maximum atomic E-state index is 6.04. The van der Waals surface area contributed by atoms with Crippen molar-refractivity contribution in [2.75, 3.05) is 0 Å². The van der Waals surface area contributed by atoms with E-state index < -0.39 is 0 Å². The molecular formula is C12H9ClN2. The molecule has 0 N–H and O–H groups in total. The summed E-state index contributed by atoms with van der Waals surface area (Å²) in [4.78, 5) is 4.55. The smallest absolute Gasteiger partial charge is 0.142 e. The van der Waals surface area contributed by atoms with Gasteiger partial charge in [-0.3, -0.25) is 0 Å². The summed E-state index contributed by atoms with van der Waals surface area (Å²) in [7, 11) is 1.93. The van der Waals surface area contributed by atoms with E-state index in [1.807, 2.05) is 41.9 Å². The van der Waals surface area contributed by atoms with Crippen LogP contribution in [0.2, 0.25) is 5.15 Å². The standard InChI is InChI=1S/C12H9ClN2/c1-15-11(13)7-6-9-8-4-2-3-5-10(8)14-12(9)15/h2-7H,1H3. The molecule has 3 rings (SSSR count). The zero-order valence-electron chi connectivity index (χ0n) is 8.24. The van der Waals surface area contributed by atoms with Gasteiger partial charge in [-0.2, -0.15) is 0 Å². The Morgan fingerprint density at radius 3 is 2.80 bits per heavy atom. The fourth-order valence-electron chi connectivity index (χ4n) is 1.88. The maximum absolute atomic E-state index is 6.04. The molecule has 0 saturated carbocycles. The van der Waals surface area contributed by atoms with Crippen molar-refractivity contribution < 1.29 is 0 Å². The molecule has 0 aromatic heterocycles. The molecule has 3 heteroatoms. The van der Waals surface area contributed by atoms with E-state index in [0.29, 0.717) is 5.15 Å². The molecule has 2 heterocycles. The molecule has 0 spiro atoms. The van der Waals surface area contributed by atoms with Gasteiger partial charge in [0.15, 0.2) is 0 Å². The zero-order valence-corrected chi connectivity index (χ0v) is 8.99. The van der Waals surface area contributed by atoms with Crippen molar-refractivity contribution >= 4 is 22.5 Å². The van der Waals surface area contributed by atoms with E-state index in [1.54, 1.807) is 0 Å². The lowest BCUT2D eigenvalue weighted by molar-refractivity contribution is 0.894. The number of hydrogen-bond acceptors (Lipinski definition) is 1. The molecule has 0 saturated heterocycles. The topological polar surface area (TPSA) is 17.8 Å². The number of pyridine rings is 1. The minimum Gasteiger partial charge on any atom is -0.319 e. The van der Waals surface area contributed by atoms with Crippen LogP contribution in [0.25, 0.3) is 22.3 Å². The number of nitrogens with zero attached hydrogens (tertiary/aromatic N) is 2. The summed E-state index contributed by atoms with van der Waals surface area (Å²) < 4.78 is 1.90. The predicted octanol–water partition coefficient (Wildman–Crippen LogP) is 3.33. The van der Waals surface area contributed by atoms with Crippen molar-refractivity contribution in [3.8, 4) is 11.4 Å². The van der Waals surface area contributed by atoms with Crippen molar-refractivity contribution in [1.29, 1.82) is 0 Å². The minimum atomic E-state index is 0.699. The van der Waals surface area contributed by atoms with Crippen LogP contribution in [0, 0.1) is 0 Å². The Labute approximate surface area is 92.5 Å². The summed E-state index contributed by atoms with van der Waals surface area (Å²) in [6, 6.07) is 12.0. The molecule has 2 aliphatic heterocycles. The summed E-state index contributed by atoms with van der Waals surface area (Å²) in [5, 5.41) is 1.88. The first kappa shape index (κ1) is 8.74. The van der Waals surface area contributed by atoms with E-state index in [2.05, 4.69) is 11.1 Å². The minimum absolute atomic E-state index is 0.699. The predicted molar refractivity (Wildman–Crippen MR) is 62.3 cm³/mol. The summed E-state index contributed by atoms with van der Waals surface area (Å²) in [6.07, 6.45) is 0. The Morgan fingerprint density at radius 2 is 1.93 bits per heavy atom. The lowest BCUT2D eigenvalue weighted by Crippen LogP contribution is -1.97. The van der Waals surface area contributed by atoms with Gasteiger partial charge in [-0.05, 0) is 18.2 Å². The van der Waals surface area contributed by atoms with Gasteiger partial charge in [0, 0.05) is 18.0 Å². The fourth-order valence-corrected chi connectivity index (χ4v) is 2.02. The van der Waals surface area contributed by atoms with Crippen molar-refractivity contribution in [1.82, 2.24) is 9.55 Å². The van der Waals surface area contributed by atoms with Gasteiger partial charge in [0.05, 0.1) is 5.52 Å². The Kier molecular flexibility index (Phi) is 1.73. The number of para-hydroxylation sites is 1. The number of hydrogen-bond donors (Lipinski definition) is 0. The van der Waals surface area contributed by atoms with Gasteiger partial charge < -0.3 is 4.57 Å². The van der Waals surface area contributed by atoms with Gasteiger partial charge in [-0.1, -0.05) is 29.8 Å². The van der Waals surface area contributed by atoms with Gasteiger partial charge in [-0.25, -0.2) is 4.98 Å². The highest BCUT2D eigenvalue weighted by molar-refractivity contribution is 6.29. The Bertz CT molecular complexity index is 612. The highest BCUT2D eigenvalue weighted by Gasteiger charge is 2.13. The first-order valence-electron chi connectivity index (χ1n) is 4.77. The van der Waals surface area contributed by atoms with Crippen molar-refractivity contribution in [3.63, 3.8) is 0 Å². The highest BCUT2D eigenvalue weighted by Crippen LogP contribution is 2.31. The molecule has 2 aliphatic rings. The average Bonchev–Trinajstić information content (AvgIpc) is 2.63. The molecule has 0 bridgehead atoms. The average molecular weight is 217 g/mol. The SMILES string of the molecule is Cn1c(Cl)ccc2c3ccccc3nc1-2. The van der Waals surface area contributed by atoms with Gasteiger partial charge in [0.2, 0.25) is 0 Å². The Morgan fingerprint density at radius 1 is 1.13 bits per heavy atom. The third-order valence-corrected chi connectivity index (χ3v) is 3.07. The number of rotatable bonds is 0. The largest absolute Gasteiger partial charge is 0.319 e. The summed E-state index contributed by atoms with van der Waals surface area (Å²) in [5.74, 6) is 0.934. The third kappa shape index (κ3) is 1.15.